The van der Waals surface area contributed by atoms with Gasteiger partial charge in [0.25, 0.3) is 0 Å². The normalized spacial score (nSPS) is 0. The molecular formula is H4LiNa3Zn3. The largest absolute Gasteiger partial charge is 1.00 e. The van der Waals surface area contributed by atoms with Crippen LogP contribution in [0.2, 0.25) is 0 Å². The third-order valence-corrected chi connectivity index (χ3v) is 0. The molecular weight excluding hydrogens is 272 g/mol. The van der Waals surface area contributed by atoms with Crippen molar-refractivity contribution in [1.82, 2.24) is 0 Å². The zero-order chi connectivity index (χ0) is 0. The fraction of sp³-hybridized carbons (Fsp3) is 0. The van der Waals surface area contributed by atoms with Gasteiger partial charge in [-0.3, -0.25) is 0 Å². The molecule has 0 rings (SSSR count). The van der Waals surface area contributed by atoms with Gasteiger partial charge in [0.05, 0.1) is 0 Å². The summed E-state index contributed by atoms with van der Waals surface area (Å²) in [6, 6.07) is 0. The van der Waals surface area contributed by atoms with Gasteiger partial charge in [-0.15, -0.1) is 0 Å². The standard InChI is InChI=1S/Li.3Na.3Zn.4H/q4*+1;;;;4*-1. The smallest absolute Gasteiger partial charge is 1.00 e. The van der Waals surface area contributed by atoms with Crippen LogP contribution in [0.15, 0.2) is 0 Å². The average molecular weight is 276 g/mol. The van der Waals surface area contributed by atoms with Crippen LogP contribution < -0.4 is 108 Å². The zero-order valence-electron chi connectivity index (χ0n) is 10.1. The minimum absolute atomic E-state index is 0. The summed E-state index contributed by atoms with van der Waals surface area (Å²) in [5, 5.41) is 0. The van der Waals surface area contributed by atoms with E-state index in [-0.39, 0.29) is 172 Å². The van der Waals surface area contributed by atoms with E-state index in [9.17, 15) is 0 Å². The van der Waals surface area contributed by atoms with Gasteiger partial charge in [-0.05, 0) is 0 Å². The van der Waals surface area contributed by atoms with E-state index < -0.39 is 0 Å². The molecule has 0 bridgehead atoms. The van der Waals surface area contributed by atoms with E-state index in [1.165, 1.54) is 0 Å². The minimum atomic E-state index is 0. The molecule has 0 aliphatic carbocycles. The van der Waals surface area contributed by atoms with Gasteiger partial charge in [0.1, 0.15) is 0 Å². The first-order chi connectivity index (χ1) is 0. The maximum atomic E-state index is 0. The predicted molar refractivity (Wildman–Crippen MR) is 4.45 cm³/mol. The molecule has 0 atom stereocenters. The minimum Gasteiger partial charge on any atom is -1.00 e. The Morgan fingerprint density at radius 2 is 0.571 bits per heavy atom. The second kappa shape index (κ2) is 42.0. The molecule has 0 nitrogen and oxygen atoms in total. The van der Waals surface area contributed by atoms with Crippen molar-refractivity contribution in [2.75, 3.05) is 0 Å². The van der Waals surface area contributed by atoms with Crippen LogP contribution in [0.5, 0.6) is 0 Å². The average Bonchev–Trinajstić information content (AvgIpc) is 0. The van der Waals surface area contributed by atoms with Crippen LogP contribution in [0.3, 0.4) is 0 Å². The van der Waals surface area contributed by atoms with Crippen LogP contribution in [0, 0.1) is 0 Å². The molecule has 0 aliphatic heterocycles. The van der Waals surface area contributed by atoms with Crippen molar-refractivity contribution < 1.29 is 172 Å². The van der Waals surface area contributed by atoms with Crippen LogP contribution in [0.4, 0.5) is 0 Å². The van der Waals surface area contributed by atoms with Gasteiger partial charge >= 0.3 is 108 Å². The quantitative estimate of drug-likeness (QED) is 0.386. The molecule has 0 unspecified atom stereocenters. The monoisotopic (exact) mass is 272 g/mol. The van der Waals surface area contributed by atoms with Crippen LogP contribution in [-0.2, 0) is 58.4 Å². The Labute approximate surface area is 167 Å². The van der Waals surface area contributed by atoms with E-state index >= 15 is 0 Å². The van der Waals surface area contributed by atoms with E-state index in [4.69, 9.17) is 0 Å². The van der Waals surface area contributed by atoms with Crippen molar-refractivity contribution in [3.63, 3.8) is 0 Å². The molecule has 0 aromatic carbocycles. The van der Waals surface area contributed by atoms with Crippen molar-refractivity contribution >= 4 is 0 Å². The van der Waals surface area contributed by atoms with Gasteiger partial charge < -0.3 is 5.71 Å². The molecule has 0 aliphatic rings. The van der Waals surface area contributed by atoms with Crippen molar-refractivity contribution in [1.29, 1.82) is 0 Å². The summed E-state index contributed by atoms with van der Waals surface area (Å²) in [6.07, 6.45) is 0. The van der Waals surface area contributed by atoms with E-state index in [2.05, 4.69) is 0 Å². The molecule has 0 saturated carbocycles. The Kier molecular flexibility index (Phi) is 329. The van der Waals surface area contributed by atoms with Gasteiger partial charge in [-0.25, -0.2) is 0 Å². The molecule has 7 heavy (non-hydrogen) atoms. The summed E-state index contributed by atoms with van der Waals surface area (Å²) in [5.74, 6) is 0. The molecule has 0 radical (unpaired) electrons. The summed E-state index contributed by atoms with van der Waals surface area (Å²) in [7, 11) is 0. The first-order valence-corrected chi connectivity index (χ1v) is 0. The molecule has 0 saturated heterocycles. The molecule has 14 valence electrons. The Balaban J connectivity index is 0. The summed E-state index contributed by atoms with van der Waals surface area (Å²) in [5.41, 5.74) is 0. The van der Waals surface area contributed by atoms with Gasteiger partial charge in [0.2, 0.25) is 0 Å². The van der Waals surface area contributed by atoms with Gasteiger partial charge in [0, 0.05) is 58.4 Å². The summed E-state index contributed by atoms with van der Waals surface area (Å²) in [4.78, 5) is 0. The summed E-state index contributed by atoms with van der Waals surface area (Å²) >= 11 is 0. The third kappa shape index (κ3) is 34.4. The Hall–Kier alpha value is 5.47. The Morgan fingerprint density at radius 1 is 0.571 bits per heavy atom. The molecule has 7 heteroatoms. The maximum Gasteiger partial charge on any atom is 1.00 e. The third-order valence-electron chi connectivity index (χ3n) is 0. The van der Waals surface area contributed by atoms with Crippen LogP contribution in [0.25, 0.3) is 0 Å². The first-order valence-electron chi connectivity index (χ1n) is 0. The Morgan fingerprint density at radius 3 is 0.571 bits per heavy atom. The molecule has 0 amide bonds. The van der Waals surface area contributed by atoms with Crippen molar-refractivity contribution in [2.24, 2.45) is 0 Å². The molecule has 0 aromatic rings. The number of rotatable bonds is 0. The molecule has 0 N–H and O–H groups in total. The predicted octanol–water partition coefficient (Wildman–Crippen LogP) is -11.5. The van der Waals surface area contributed by atoms with E-state index in [0.29, 0.717) is 0 Å². The topological polar surface area (TPSA) is 0 Å². The van der Waals surface area contributed by atoms with Crippen molar-refractivity contribution in [3.8, 4) is 0 Å². The van der Waals surface area contributed by atoms with Crippen molar-refractivity contribution in [3.05, 3.63) is 0 Å². The van der Waals surface area contributed by atoms with E-state index in [0.717, 1.165) is 0 Å². The molecule has 0 fully saturated rings. The van der Waals surface area contributed by atoms with E-state index in [1.807, 2.05) is 0 Å². The number of hydrogen-bond donors (Lipinski definition) is 0. The van der Waals surface area contributed by atoms with Crippen LogP contribution in [0.1, 0.15) is 5.71 Å². The molecule has 0 aromatic heterocycles. The fourth-order valence-electron chi connectivity index (χ4n) is 0. The van der Waals surface area contributed by atoms with Crippen LogP contribution >= 0.6 is 0 Å². The second-order valence-corrected chi connectivity index (χ2v) is 0. The molecule has 0 spiro atoms. The van der Waals surface area contributed by atoms with Crippen LogP contribution in [-0.4, -0.2) is 0 Å². The van der Waals surface area contributed by atoms with Gasteiger partial charge in [-0.1, -0.05) is 0 Å². The summed E-state index contributed by atoms with van der Waals surface area (Å²) in [6.45, 7) is 0. The SMILES string of the molecule is [H-].[H-].[H-].[H-].[Li+].[Na+].[Na+].[Na+].[Zn].[Zn].[Zn]. The Bertz CT molecular complexity index is 20.5. The van der Waals surface area contributed by atoms with Gasteiger partial charge in [-0.2, -0.15) is 0 Å². The first kappa shape index (κ1) is 54.8. The summed E-state index contributed by atoms with van der Waals surface area (Å²) < 4.78 is 0. The number of hydrogen-bond acceptors (Lipinski definition) is 0. The maximum absolute atomic E-state index is 0. The fourth-order valence-corrected chi connectivity index (χ4v) is 0. The van der Waals surface area contributed by atoms with Gasteiger partial charge in [0.15, 0.2) is 0 Å². The second-order valence-electron chi connectivity index (χ2n) is 0. The molecule has 0 heterocycles. The van der Waals surface area contributed by atoms with Crippen molar-refractivity contribution in [2.45, 2.75) is 0 Å². The zero-order valence-corrected chi connectivity index (χ0v) is 21.0. The van der Waals surface area contributed by atoms with E-state index in [1.54, 1.807) is 0 Å².